The number of likely N-dealkylation sites (tertiary alicyclic amines) is 1. The molecule has 1 heterocycles. The molecule has 0 spiro atoms. The standard InChI is InChI=1S/C15H24N2O/c16-9-6-14-7-10-17(11-8-15(14)18)12-13-4-2-1-3-5-13/h1-5,14-15,18H,6-12,16H2. The fourth-order valence-corrected chi connectivity index (χ4v) is 2.75. The Kier molecular flexibility index (Phi) is 5.17. The van der Waals surface area contributed by atoms with Gasteiger partial charge in [0, 0.05) is 13.1 Å². The van der Waals surface area contributed by atoms with Crippen LogP contribution in [0.2, 0.25) is 0 Å². The molecule has 3 nitrogen and oxygen atoms in total. The largest absolute Gasteiger partial charge is 0.393 e. The number of hydrogen-bond acceptors (Lipinski definition) is 3. The predicted molar refractivity (Wildman–Crippen MR) is 74.1 cm³/mol. The first-order valence-corrected chi connectivity index (χ1v) is 6.94. The van der Waals surface area contributed by atoms with Gasteiger partial charge in [-0.15, -0.1) is 0 Å². The Morgan fingerprint density at radius 3 is 2.61 bits per heavy atom. The number of rotatable bonds is 4. The quantitative estimate of drug-likeness (QED) is 0.851. The molecule has 1 aliphatic heterocycles. The van der Waals surface area contributed by atoms with Gasteiger partial charge in [-0.25, -0.2) is 0 Å². The van der Waals surface area contributed by atoms with E-state index >= 15 is 0 Å². The van der Waals surface area contributed by atoms with E-state index in [0.717, 1.165) is 38.9 Å². The minimum Gasteiger partial charge on any atom is -0.393 e. The molecule has 0 amide bonds. The number of aliphatic hydroxyl groups excluding tert-OH is 1. The molecule has 1 fully saturated rings. The first-order chi connectivity index (χ1) is 8.79. The number of nitrogens with zero attached hydrogens (tertiary/aromatic N) is 1. The first kappa shape index (κ1) is 13.5. The maximum Gasteiger partial charge on any atom is 0.0581 e. The average molecular weight is 248 g/mol. The van der Waals surface area contributed by atoms with E-state index in [4.69, 9.17) is 5.73 Å². The van der Waals surface area contributed by atoms with Gasteiger partial charge in [0.1, 0.15) is 0 Å². The van der Waals surface area contributed by atoms with Crippen molar-refractivity contribution >= 4 is 0 Å². The second-order valence-electron chi connectivity index (χ2n) is 5.24. The molecule has 1 aromatic carbocycles. The third kappa shape index (κ3) is 3.80. The number of nitrogens with two attached hydrogens (primary N) is 1. The van der Waals surface area contributed by atoms with E-state index in [1.807, 2.05) is 6.07 Å². The van der Waals surface area contributed by atoms with Gasteiger partial charge in [0.2, 0.25) is 0 Å². The first-order valence-electron chi connectivity index (χ1n) is 6.94. The van der Waals surface area contributed by atoms with Crippen LogP contribution in [0.25, 0.3) is 0 Å². The van der Waals surface area contributed by atoms with Crippen LogP contribution in [0.5, 0.6) is 0 Å². The third-order valence-corrected chi connectivity index (χ3v) is 3.89. The lowest BCUT2D eigenvalue weighted by molar-refractivity contribution is 0.0997. The van der Waals surface area contributed by atoms with Gasteiger partial charge in [-0.2, -0.15) is 0 Å². The summed E-state index contributed by atoms with van der Waals surface area (Å²) in [6.07, 6.45) is 2.71. The molecule has 3 N–H and O–H groups in total. The van der Waals surface area contributed by atoms with E-state index in [2.05, 4.69) is 29.2 Å². The molecule has 100 valence electrons. The van der Waals surface area contributed by atoms with Crippen molar-refractivity contribution in [2.24, 2.45) is 11.7 Å². The topological polar surface area (TPSA) is 49.5 Å². The van der Waals surface area contributed by atoms with Crippen molar-refractivity contribution in [3.8, 4) is 0 Å². The van der Waals surface area contributed by atoms with Gasteiger partial charge in [-0.1, -0.05) is 30.3 Å². The highest BCUT2D eigenvalue weighted by Crippen LogP contribution is 2.21. The summed E-state index contributed by atoms with van der Waals surface area (Å²) in [5.41, 5.74) is 6.96. The molecule has 2 rings (SSSR count). The fourth-order valence-electron chi connectivity index (χ4n) is 2.75. The van der Waals surface area contributed by atoms with E-state index in [0.29, 0.717) is 12.5 Å². The number of aliphatic hydroxyl groups is 1. The molecule has 0 saturated carbocycles. The SMILES string of the molecule is NCCC1CCN(Cc2ccccc2)CCC1O. The van der Waals surface area contributed by atoms with Gasteiger partial charge >= 0.3 is 0 Å². The maximum absolute atomic E-state index is 10.1. The molecule has 1 saturated heterocycles. The van der Waals surface area contributed by atoms with Crippen molar-refractivity contribution in [3.05, 3.63) is 35.9 Å². The van der Waals surface area contributed by atoms with Crippen LogP contribution in [-0.2, 0) is 6.54 Å². The normalized spacial score (nSPS) is 25.9. The van der Waals surface area contributed by atoms with Gasteiger partial charge in [0.15, 0.2) is 0 Å². The maximum atomic E-state index is 10.1. The molecule has 2 atom stereocenters. The molecule has 0 radical (unpaired) electrons. The van der Waals surface area contributed by atoms with E-state index in [-0.39, 0.29) is 6.10 Å². The third-order valence-electron chi connectivity index (χ3n) is 3.89. The molecule has 1 aliphatic rings. The zero-order valence-electron chi connectivity index (χ0n) is 11.0. The molecule has 0 aromatic heterocycles. The number of benzene rings is 1. The zero-order valence-corrected chi connectivity index (χ0v) is 11.0. The fraction of sp³-hybridized carbons (Fsp3) is 0.600. The average Bonchev–Trinajstić information content (AvgIpc) is 2.56. The molecule has 0 bridgehead atoms. The van der Waals surface area contributed by atoms with Gasteiger partial charge < -0.3 is 10.8 Å². The van der Waals surface area contributed by atoms with Gasteiger partial charge in [-0.3, -0.25) is 4.90 Å². The summed E-state index contributed by atoms with van der Waals surface area (Å²) in [4.78, 5) is 2.44. The monoisotopic (exact) mass is 248 g/mol. The summed E-state index contributed by atoms with van der Waals surface area (Å²) in [6, 6.07) is 10.5. The lowest BCUT2D eigenvalue weighted by Gasteiger charge is -2.20. The van der Waals surface area contributed by atoms with E-state index < -0.39 is 0 Å². The molecule has 2 unspecified atom stereocenters. The van der Waals surface area contributed by atoms with Crippen LogP contribution in [0.4, 0.5) is 0 Å². The van der Waals surface area contributed by atoms with Crippen LogP contribution >= 0.6 is 0 Å². The van der Waals surface area contributed by atoms with Gasteiger partial charge in [0.25, 0.3) is 0 Å². The summed E-state index contributed by atoms with van der Waals surface area (Å²) in [6.45, 7) is 3.72. The zero-order chi connectivity index (χ0) is 12.8. The van der Waals surface area contributed by atoms with Crippen LogP contribution in [0.1, 0.15) is 24.8 Å². The summed E-state index contributed by atoms with van der Waals surface area (Å²) in [7, 11) is 0. The second kappa shape index (κ2) is 6.88. The highest BCUT2D eigenvalue weighted by molar-refractivity contribution is 5.14. The van der Waals surface area contributed by atoms with Crippen molar-refractivity contribution in [1.29, 1.82) is 0 Å². The van der Waals surface area contributed by atoms with E-state index in [9.17, 15) is 5.11 Å². The van der Waals surface area contributed by atoms with E-state index in [1.54, 1.807) is 0 Å². The van der Waals surface area contributed by atoms with Gasteiger partial charge in [-0.05, 0) is 43.8 Å². The minimum absolute atomic E-state index is 0.172. The molecule has 3 heteroatoms. The molecular weight excluding hydrogens is 224 g/mol. The smallest absolute Gasteiger partial charge is 0.0581 e. The lowest BCUT2D eigenvalue weighted by Crippen LogP contribution is -2.24. The number of hydrogen-bond donors (Lipinski definition) is 2. The Morgan fingerprint density at radius 2 is 1.89 bits per heavy atom. The van der Waals surface area contributed by atoms with E-state index in [1.165, 1.54) is 5.56 Å². The van der Waals surface area contributed by atoms with Crippen molar-refractivity contribution in [2.45, 2.75) is 31.9 Å². The van der Waals surface area contributed by atoms with Crippen molar-refractivity contribution in [3.63, 3.8) is 0 Å². The van der Waals surface area contributed by atoms with Crippen LogP contribution in [0, 0.1) is 5.92 Å². The summed E-state index contributed by atoms with van der Waals surface area (Å²) < 4.78 is 0. The van der Waals surface area contributed by atoms with Crippen LogP contribution < -0.4 is 5.73 Å². The van der Waals surface area contributed by atoms with Crippen molar-refractivity contribution in [2.75, 3.05) is 19.6 Å². The summed E-state index contributed by atoms with van der Waals surface area (Å²) in [5, 5.41) is 10.1. The summed E-state index contributed by atoms with van der Waals surface area (Å²) in [5.74, 6) is 0.385. The molecule has 18 heavy (non-hydrogen) atoms. The van der Waals surface area contributed by atoms with Crippen molar-refractivity contribution < 1.29 is 5.11 Å². The molecule has 0 aliphatic carbocycles. The van der Waals surface area contributed by atoms with Crippen LogP contribution in [-0.4, -0.2) is 35.7 Å². The lowest BCUT2D eigenvalue weighted by atomic mass is 9.94. The summed E-state index contributed by atoms with van der Waals surface area (Å²) >= 11 is 0. The van der Waals surface area contributed by atoms with Crippen molar-refractivity contribution in [1.82, 2.24) is 4.90 Å². The second-order valence-corrected chi connectivity index (χ2v) is 5.24. The van der Waals surface area contributed by atoms with Crippen LogP contribution in [0.3, 0.4) is 0 Å². The highest BCUT2D eigenvalue weighted by atomic mass is 16.3. The highest BCUT2D eigenvalue weighted by Gasteiger charge is 2.23. The van der Waals surface area contributed by atoms with Crippen LogP contribution in [0.15, 0.2) is 30.3 Å². The Bertz CT molecular complexity index is 342. The Labute approximate surface area is 110 Å². The van der Waals surface area contributed by atoms with Gasteiger partial charge in [0.05, 0.1) is 6.10 Å². The minimum atomic E-state index is -0.172. The Hall–Kier alpha value is -0.900. The molecular formula is C15H24N2O. The Balaban J connectivity index is 1.88. The molecule has 1 aromatic rings. The Morgan fingerprint density at radius 1 is 1.17 bits per heavy atom. The predicted octanol–water partition coefficient (Wildman–Crippen LogP) is 1.61.